The minimum Gasteiger partial charge on any atom is -0.457 e. The number of carbonyl (C=O) groups is 1. The minimum absolute atomic E-state index is 0.379. The van der Waals surface area contributed by atoms with E-state index in [0.29, 0.717) is 22.9 Å². The van der Waals surface area contributed by atoms with E-state index in [1.54, 1.807) is 37.3 Å². The number of hydrogen-bond donors (Lipinski definition) is 1. The molecule has 0 spiro atoms. The van der Waals surface area contributed by atoms with Crippen molar-refractivity contribution in [1.29, 1.82) is 0 Å². The van der Waals surface area contributed by atoms with Gasteiger partial charge in [0.1, 0.15) is 17.5 Å². The summed E-state index contributed by atoms with van der Waals surface area (Å²) in [5.41, 5.74) is 1.99. The van der Waals surface area contributed by atoms with Gasteiger partial charge in [0.2, 0.25) is 15.9 Å². The number of rotatable bonds is 7. The minimum atomic E-state index is -3.70. The molecule has 156 valence electrons. The summed E-state index contributed by atoms with van der Waals surface area (Å²) in [5, 5.41) is 2.78. The summed E-state index contributed by atoms with van der Waals surface area (Å²) in [5.74, 6) is 0.821. The Morgan fingerprint density at radius 2 is 1.57 bits per heavy atom. The lowest BCUT2D eigenvalue weighted by Gasteiger charge is -2.28. The molecule has 6 nitrogen and oxygen atoms in total. The lowest BCUT2D eigenvalue weighted by Crippen LogP contribution is -2.45. The van der Waals surface area contributed by atoms with Gasteiger partial charge in [0.15, 0.2) is 0 Å². The number of aryl methyl sites for hydroxylation is 1. The van der Waals surface area contributed by atoms with Crippen LogP contribution in [0.5, 0.6) is 11.5 Å². The molecule has 0 aliphatic heterocycles. The normalized spacial score (nSPS) is 12.1. The first kappa shape index (κ1) is 21.4. The average molecular weight is 425 g/mol. The molecule has 0 fully saturated rings. The quantitative estimate of drug-likeness (QED) is 0.602. The molecule has 30 heavy (non-hydrogen) atoms. The summed E-state index contributed by atoms with van der Waals surface area (Å²) in [4.78, 5) is 12.8. The van der Waals surface area contributed by atoms with Crippen LogP contribution in [0.1, 0.15) is 12.5 Å². The van der Waals surface area contributed by atoms with Gasteiger partial charge in [-0.2, -0.15) is 0 Å². The SMILES string of the molecule is Cc1cccc(NC(=O)[C@@H](C)N(c2ccc(Oc3ccccc3)cc2)S(C)(=O)=O)c1. The molecule has 0 saturated carbocycles. The maximum Gasteiger partial charge on any atom is 0.247 e. The Morgan fingerprint density at radius 1 is 0.933 bits per heavy atom. The van der Waals surface area contributed by atoms with Crippen molar-refractivity contribution in [3.63, 3.8) is 0 Å². The van der Waals surface area contributed by atoms with Crippen LogP contribution < -0.4 is 14.4 Å². The third kappa shape index (κ3) is 5.39. The van der Waals surface area contributed by atoms with Gasteiger partial charge >= 0.3 is 0 Å². The Labute approximate surface area is 177 Å². The predicted octanol–water partition coefficient (Wildman–Crippen LogP) is 4.58. The highest BCUT2D eigenvalue weighted by atomic mass is 32.2. The molecular weight excluding hydrogens is 400 g/mol. The Morgan fingerprint density at radius 3 is 2.17 bits per heavy atom. The highest BCUT2D eigenvalue weighted by Gasteiger charge is 2.29. The first-order chi connectivity index (χ1) is 14.2. The van der Waals surface area contributed by atoms with Gasteiger partial charge in [0.25, 0.3) is 0 Å². The van der Waals surface area contributed by atoms with Crippen molar-refractivity contribution in [3.05, 3.63) is 84.4 Å². The van der Waals surface area contributed by atoms with Crippen LogP contribution in [0.2, 0.25) is 0 Å². The molecule has 1 amide bonds. The van der Waals surface area contributed by atoms with Crippen molar-refractivity contribution in [1.82, 2.24) is 0 Å². The van der Waals surface area contributed by atoms with Crippen molar-refractivity contribution < 1.29 is 17.9 Å². The van der Waals surface area contributed by atoms with Crippen LogP contribution in [-0.4, -0.2) is 26.6 Å². The van der Waals surface area contributed by atoms with Crippen LogP contribution in [0, 0.1) is 6.92 Å². The van der Waals surface area contributed by atoms with Crippen molar-refractivity contribution in [2.24, 2.45) is 0 Å². The van der Waals surface area contributed by atoms with Gasteiger partial charge in [-0.25, -0.2) is 8.42 Å². The number of sulfonamides is 1. The summed E-state index contributed by atoms with van der Waals surface area (Å²) in [6, 6.07) is 22.3. The molecule has 0 radical (unpaired) electrons. The Hall–Kier alpha value is -3.32. The molecule has 0 heterocycles. The van der Waals surface area contributed by atoms with Crippen molar-refractivity contribution in [2.45, 2.75) is 19.9 Å². The van der Waals surface area contributed by atoms with Gasteiger partial charge < -0.3 is 10.1 Å². The van der Waals surface area contributed by atoms with Crippen molar-refractivity contribution in [2.75, 3.05) is 15.9 Å². The number of carbonyl (C=O) groups excluding carboxylic acids is 1. The Balaban J connectivity index is 1.80. The summed E-state index contributed by atoms with van der Waals surface area (Å²) >= 11 is 0. The van der Waals surface area contributed by atoms with Gasteiger partial charge in [-0.05, 0) is 67.9 Å². The molecular formula is C23H24N2O4S. The van der Waals surface area contributed by atoms with E-state index in [1.807, 2.05) is 55.5 Å². The summed E-state index contributed by atoms with van der Waals surface area (Å²) in [6.07, 6.45) is 1.08. The molecule has 0 saturated heterocycles. The monoisotopic (exact) mass is 424 g/mol. The number of amides is 1. The van der Waals surface area contributed by atoms with Crippen LogP contribution in [-0.2, 0) is 14.8 Å². The summed E-state index contributed by atoms with van der Waals surface area (Å²) in [6.45, 7) is 3.47. The number of nitrogens with zero attached hydrogens (tertiary/aromatic N) is 1. The van der Waals surface area contributed by atoms with Gasteiger partial charge in [0.05, 0.1) is 11.9 Å². The maximum atomic E-state index is 12.8. The maximum absolute atomic E-state index is 12.8. The van der Waals surface area contributed by atoms with E-state index in [0.717, 1.165) is 16.1 Å². The standard InChI is InChI=1S/C23H24N2O4S/c1-17-8-7-9-19(16-17)24-23(26)18(2)25(30(3,27)28)20-12-14-22(15-13-20)29-21-10-5-4-6-11-21/h4-16,18H,1-3H3,(H,24,26)/t18-/m1/s1. The molecule has 7 heteroatoms. The zero-order valence-electron chi connectivity index (χ0n) is 17.1. The van der Waals surface area contributed by atoms with Crippen LogP contribution in [0.25, 0.3) is 0 Å². The predicted molar refractivity (Wildman–Crippen MR) is 120 cm³/mol. The molecule has 1 atom stereocenters. The zero-order chi connectivity index (χ0) is 21.7. The molecule has 3 aromatic rings. The van der Waals surface area contributed by atoms with E-state index >= 15 is 0 Å². The van der Waals surface area contributed by atoms with Crippen molar-refractivity contribution >= 4 is 27.3 Å². The van der Waals surface area contributed by atoms with E-state index in [2.05, 4.69) is 5.32 Å². The van der Waals surface area contributed by atoms with Crippen LogP contribution in [0.3, 0.4) is 0 Å². The van der Waals surface area contributed by atoms with E-state index < -0.39 is 22.0 Å². The summed E-state index contributed by atoms with van der Waals surface area (Å²) in [7, 11) is -3.70. The van der Waals surface area contributed by atoms with Crippen LogP contribution in [0.4, 0.5) is 11.4 Å². The summed E-state index contributed by atoms with van der Waals surface area (Å²) < 4.78 is 31.8. The number of para-hydroxylation sites is 1. The second-order valence-electron chi connectivity index (χ2n) is 7.00. The molecule has 1 N–H and O–H groups in total. The molecule has 0 aliphatic rings. The number of ether oxygens (including phenoxy) is 1. The first-order valence-corrected chi connectivity index (χ1v) is 11.3. The lowest BCUT2D eigenvalue weighted by molar-refractivity contribution is -0.116. The zero-order valence-corrected chi connectivity index (χ0v) is 17.9. The second-order valence-corrected chi connectivity index (χ2v) is 8.86. The van der Waals surface area contributed by atoms with Crippen LogP contribution in [0.15, 0.2) is 78.9 Å². The Bertz CT molecular complexity index is 1110. The fourth-order valence-corrected chi connectivity index (χ4v) is 4.24. The molecule has 0 aliphatic carbocycles. The van der Waals surface area contributed by atoms with Crippen LogP contribution >= 0.6 is 0 Å². The number of benzene rings is 3. The van der Waals surface area contributed by atoms with Crippen molar-refractivity contribution in [3.8, 4) is 11.5 Å². The molecule has 0 bridgehead atoms. The number of nitrogens with one attached hydrogen (secondary N) is 1. The molecule has 0 unspecified atom stereocenters. The van der Waals surface area contributed by atoms with E-state index in [4.69, 9.17) is 4.74 Å². The number of anilines is 2. The second kappa shape index (κ2) is 9.00. The van der Waals surface area contributed by atoms with Gasteiger partial charge in [-0.15, -0.1) is 0 Å². The van der Waals surface area contributed by atoms with E-state index in [9.17, 15) is 13.2 Å². The van der Waals surface area contributed by atoms with Gasteiger partial charge in [-0.3, -0.25) is 9.10 Å². The van der Waals surface area contributed by atoms with E-state index in [-0.39, 0.29) is 0 Å². The highest BCUT2D eigenvalue weighted by Crippen LogP contribution is 2.27. The van der Waals surface area contributed by atoms with Gasteiger partial charge in [-0.1, -0.05) is 30.3 Å². The topological polar surface area (TPSA) is 75.7 Å². The molecule has 0 aromatic heterocycles. The largest absolute Gasteiger partial charge is 0.457 e. The average Bonchev–Trinajstić information content (AvgIpc) is 2.69. The van der Waals surface area contributed by atoms with Gasteiger partial charge in [0, 0.05) is 5.69 Å². The third-order valence-electron chi connectivity index (χ3n) is 4.44. The third-order valence-corrected chi connectivity index (χ3v) is 5.69. The molecule has 3 rings (SSSR count). The lowest BCUT2D eigenvalue weighted by atomic mass is 10.2. The van der Waals surface area contributed by atoms with E-state index in [1.165, 1.54) is 0 Å². The fraction of sp³-hybridized carbons (Fsp3) is 0.174. The number of hydrogen-bond acceptors (Lipinski definition) is 4. The Kier molecular flexibility index (Phi) is 6.42. The highest BCUT2D eigenvalue weighted by molar-refractivity contribution is 7.92. The smallest absolute Gasteiger partial charge is 0.247 e. The first-order valence-electron chi connectivity index (χ1n) is 9.44. The fourth-order valence-electron chi connectivity index (χ4n) is 3.06. The molecule has 3 aromatic carbocycles.